The maximum atomic E-state index is 11.8. The Morgan fingerprint density at radius 2 is 1.80 bits per heavy atom. The topological polar surface area (TPSA) is 84.9 Å². The van der Waals surface area contributed by atoms with Crippen molar-refractivity contribution in [1.82, 2.24) is 5.32 Å². The number of nitrogens with one attached hydrogen (secondary N) is 1. The van der Waals surface area contributed by atoms with Crippen molar-refractivity contribution in [2.75, 3.05) is 7.11 Å². The van der Waals surface area contributed by atoms with Crippen LogP contribution in [0.2, 0.25) is 0 Å². The van der Waals surface area contributed by atoms with Crippen molar-refractivity contribution in [1.29, 1.82) is 0 Å². The Bertz CT molecular complexity index is 742. The van der Waals surface area contributed by atoms with Gasteiger partial charge in [0.25, 0.3) is 0 Å². The van der Waals surface area contributed by atoms with E-state index in [4.69, 9.17) is 9.47 Å². The highest BCUT2D eigenvalue weighted by Crippen LogP contribution is 2.18. The van der Waals surface area contributed by atoms with Crippen LogP contribution in [-0.2, 0) is 16.1 Å². The molecular weight excluding hydrogens is 322 g/mol. The molecule has 0 aromatic heterocycles. The van der Waals surface area contributed by atoms with Gasteiger partial charge in [0.1, 0.15) is 18.4 Å². The Hall–Kier alpha value is -3.28. The number of ether oxygens (including phenoxy) is 2. The minimum Gasteiger partial charge on any atom is -0.496 e. The predicted molar refractivity (Wildman–Crippen MR) is 93.2 cm³/mol. The van der Waals surface area contributed by atoms with E-state index in [1.165, 1.54) is 13.2 Å². The summed E-state index contributed by atoms with van der Waals surface area (Å²) in [6, 6.07) is 15.1. The van der Waals surface area contributed by atoms with E-state index in [2.05, 4.69) is 5.32 Å². The molecule has 0 aliphatic heterocycles. The number of benzene rings is 2. The molecule has 6 heteroatoms. The van der Waals surface area contributed by atoms with Gasteiger partial charge in [-0.25, -0.2) is 9.59 Å². The number of carboxylic acids is 1. The lowest BCUT2D eigenvalue weighted by Crippen LogP contribution is -2.39. The van der Waals surface area contributed by atoms with E-state index in [1.807, 2.05) is 36.4 Å². The fourth-order valence-corrected chi connectivity index (χ4v) is 2.09. The van der Waals surface area contributed by atoms with Crippen molar-refractivity contribution in [2.24, 2.45) is 0 Å². The van der Waals surface area contributed by atoms with Crippen molar-refractivity contribution in [3.05, 3.63) is 71.8 Å². The third kappa shape index (κ3) is 5.69. The predicted octanol–water partition coefficient (Wildman–Crippen LogP) is 3.09. The van der Waals surface area contributed by atoms with Crippen molar-refractivity contribution < 1.29 is 24.2 Å². The van der Waals surface area contributed by atoms with Gasteiger partial charge in [-0.1, -0.05) is 60.7 Å². The number of hydrogen-bond donors (Lipinski definition) is 2. The summed E-state index contributed by atoms with van der Waals surface area (Å²) < 4.78 is 10.2. The third-order valence-corrected chi connectivity index (χ3v) is 3.36. The van der Waals surface area contributed by atoms with E-state index in [0.717, 1.165) is 5.56 Å². The van der Waals surface area contributed by atoms with Gasteiger partial charge in [-0.15, -0.1) is 0 Å². The molecule has 0 radical (unpaired) electrons. The number of carboxylic acid groups (broad SMARTS) is 1. The SMILES string of the molecule is COc1ccccc1/C=C/[C@H](NC(=O)OCc1ccccc1)C(=O)O. The second-order valence-electron chi connectivity index (χ2n) is 5.12. The molecule has 0 heterocycles. The fraction of sp³-hybridized carbons (Fsp3) is 0.158. The van der Waals surface area contributed by atoms with Crippen LogP contribution >= 0.6 is 0 Å². The lowest BCUT2D eigenvalue weighted by atomic mass is 10.1. The van der Waals surface area contributed by atoms with Gasteiger partial charge in [-0.3, -0.25) is 0 Å². The summed E-state index contributed by atoms with van der Waals surface area (Å²) in [5.41, 5.74) is 1.52. The van der Waals surface area contributed by atoms with Crippen molar-refractivity contribution >= 4 is 18.1 Å². The van der Waals surface area contributed by atoms with Crippen LogP contribution in [0.25, 0.3) is 6.08 Å². The van der Waals surface area contributed by atoms with Gasteiger partial charge in [0.2, 0.25) is 0 Å². The zero-order valence-corrected chi connectivity index (χ0v) is 13.7. The molecule has 2 N–H and O–H groups in total. The van der Waals surface area contributed by atoms with E-state index in [0.29, 0.717) is 11.3 Å². The van der Waals surface area contributed by atoms with E-state index in [9.17, 15) is 14.7 Å². The molecule has 0 aliphatic carbocycles. The van der Waals surface area contributed by atoms with Crippen LogP contribution in [0.1, 0.15) is 11.1 Å². The molecule has 2 rings (SSSR count). The highest BCUT2D eigenvalue weighted by Gasteiger charge is 2.17. The summed E-state index contributed by atoms with van der Waals surface area (Å²) in [5.74, 6) is -0.586. The molecule has 0 fully saturated rings. The van der Waals surface area contributed by atoms with Crippen LogP contribution in [0.4, 0.5) is 4.79 Å². The Kier molecular flexibility index (Phi) is 6.59. The molecule has 0 aliphatic rings. The van der Waals surface area contributed by atoms with Crippen LogP contribution < -0.4 is 10.1 Å². The van der Waals surface area contributed by atoms with Gasteiger partial charge >= 0.3 is 12.1 Å². The number of aliphatic carboxylic acids is 1. The van der Waals surface area contributed by atoms with Crippen LogP contribution in [-0.4, -0.2) is 30.3 Å². The first-order valence-electron chi connectivity index (χ1n) is 7.61. The first-order valence-corrected chi connectivity index (χ1v) is 7.61. The molecule has 6 nitrogen and oxygen atoms in total. The molecule has 130 valence electrons. The molecule has 0 unspecified atom stereocenters. The van der Waals surface area contributed by atoms with Crippen LogP contribution in [0, 0.1) is 0 Å². The van der Waals surface area contributed by atoms with Crippen LogP contribution in [0.5, 0.6) is 5.75 Å². The first kappa shape index (κ1) is 18.1. The fourth-order valence-electron chi connectivity index (χ4n) is 2.09. The van der Waals surface area contributed by atoms with Crippen LogP contribution in [0.3, 0.4) is 0 Å². The van der Waals surface area contributed by atoms with E-state index < -0.39 is 18.1 Å². The van der Waals surface area contributed by atoms with Gasteiger partial charge in [-0.2, -0.15) is 0 Å². The van der Waals surface area contributed by atoms with E-state index in [-0.39, 0.29) is 6.61 Å². The Morgan fingerprint density at radius 1 is 1.12 bits per heavy atom. The number of carbonyl (C=O) groups excluding carboxylic acids is 1. The van der Waals surface area contributed by atoms with Gasteiger partial charge in [-0.05, 0) is 11.6 Å². The normalized spacial score (nSPS) is 11.7. The molecule has 25 heavy (non-hydrogen) atoms. The molecule has 0 spiro atoms. The second-order valence-corrected chi connectivity index (χ2v) is 5.12. The third-order valence-electron chi connectivity index (χ3n) is 3.36. The summed E-state index contributed by atoms with van der Waals surface area (Å²) in [7, 11) is 1.53. The van der Waals surface area contributed by atoms with Gasteiger partial charge in [0.05, 0.1) is 7.11 Å². The summed E-state index contributed by atoms with van der Waals surface area (Å²) in [6.07, 6.45) is 2.14. The molecular formula is C19H19NO5. The molecule has 2 aromatic carbocycles. The lowest BCUT2D eigenvalue weighted by molar-refractivity contribution is -0.138. The van der Waals surface area contributed by atoms with Gasteiger partial charge in [0, 0.05) is 5.56 Å². The largest absolute Gasteiger partial charge is 0.496 e. The molecule has 0 bridgehead atoms. The summed E-state index contributed by atoms with van der Waals surface area (Å²) in [4.78, 5) is 23.1. The quantitative estimate of drug-likeness (QED) is 0.808. The standard InChI is InChI=1S/C19H19NO5/c1-24-17-10-6-5-9-15(17)11-12-16(18(21)22)20-19(23)25-13-14-7-3-2-4-8-14/h2-12,16H,13H2,1H3,(H,20,23)(H,21,22)/b12-11+/t16-/m0/s1. The maximum absolute atomic E-state index is 11.8. The number of para-hydroxylation sites is 1. The number of alkyl carbamates (subject to hydrolysis) is 1. The Labute approximate surface area is 145 Å². The summed E-state index contributed by atoms with van der Waals surface area (Å²) >= 11 is 0. The van der Waals surface area contributed by atoms with Gasteiger partial charge in [0.15, 0.2) is 0 Å². The maximum Gasteiger partial charge on any atom is 0.408 e. The van der Waals surface area contributed by atoms with Crippen molar-refractivity contribution in [2.45, 2.75) is 12.6 Å². The molecule has 2 aromatic rings. The van der Waals surface area contributed by atoms with Crippen molar-refractivity contribution in [3.63, 3.8) is 0 Å². The zero-order chi connectivity index (χ0) is 18.1. The van der Waals surface area contributed by atoms with Gasteiger partial charge < -0.3 is 19.9 Å². The molecule has 1 amide bonds. The number of hydrogen-bond acceptors (Lipinski definition) is 4. The average molecular weight is 341 g/mol. The number of carbonyl (C=O) groups is 2. The Morgan fingerprint density at radius 3 is 2.48 bits per heavy atom. The minimum atomic E-state index is -1.21. The molecule has 0 saturated heterocycles. The van der Waals surface area contributed by atoms with E-state index >= 15 is 0 Å². The summed E-state index contributed by atoms with van der Waals surface area (Å²) in [6.45, 7) is 0.0647. The highest BCUT2D eigenvalue weighted by molar-refractivity contribution is 5.83. The molecule has 1 atom stereocenters. The van der Waals surface area contributed by atoms with E-state index in [1.54, 1.807) is 24.3 Å². The monoisotopic (exact) mass is 341 g/mol. The van der Waals surface area contributed by atoms with Crippen molar-refractivity contribution in [3.8, 4) is 5.75 Å². The smallest absolute Gasteiger partial charge is 0.408 e. The number of rotatable bonds is 7. The second kappa shape index (κ2) is 9.12. The summed E-state index contributed by atoms with van der Waals surface area (Å²) in [5, 5.41) is 11.6. The Balaban J connectivity index is 1.97. The first-order chi connectivity index (χ1) is 12.1. The zero-order valence-electron chi connectivity index (χ0n) is 13.7. The lowest BCUT2D eigenvalue weighted by Gasteiger charge is -2.11. The number of amides is 1. The van der Waals surface area contributed by atoms with Crippen LogP contribution in [0.15, 0.2) is 60.7 Å². The highest BCUT2D eigenvalue weighted by atomic mass is 16.5. The minimum absolute atomic E-state index is 0.0647. The average Bonchev–Trinajstić information content (AvgIpc) is 2.64. The number of methoxy groups -OCH3 is 1. The molecule has 0 saturated carbocycles.